The van der Waals surface area contributed by atoms with Crippen LogP contribution >= 0.6 is 11.3 Å². The van der Waals surface area contributed by atoms with Crippen LogP contribution in [0.3, 0.4) is 0 Å². The van der Waals surface area contributed by atoms with E-state index in [4.69, 9.17) is 15.2 Å². The lowest BCUT2D eigenvalue weighted by atomic mass is 10.2. The Hall–Kier alpha value is -0.490. The molecule has 0 bridgehead atoms. The molecule has 1 aromatic heterocycles. The number of methoxy groups -OCH3 is 1. The molecule has 4 nitrogen and oxygen atoms in total. The average Bonchev–Trinajstić information content (AvgIpc) is 2.75. The Labute approximate surface area is 101 Å². The molecule has 0 aliphatic heterocycles. The van der Waals surface area contributed by atoms with Crippen molar-refractivity contribution < 1.29 is 9.47 Å². The van der Waals surface area contributed by atoms with Crippen LogP contribution in [0.4, 0.5) is 0 Å². The first-order chi connectivity index (χ1) is 7.77. The van der Waals surface area contributed by atoms with E-state index in [-0.39, 0.29) is 6.04 Å². The van der Waals surface area contributed by atoms with Crippen molar-refractivity contribution in [3.05, 3.63) is 16.1 Å². The fourth-order valence-corrected chi connectivity index (χ4v) is 2.15. The van der Waals surface area contributed by atoms with Crippen molar-refractivity contribution in [2.75, 3.05) is 26.9 Å². The minimum Gasteiger partial charge on any atom is -0.385 e. The zero-order valence-electron chi connectivity index (χ0n) is 9.94. The van der Waals surface area contributed by atoms with Gasteiger partial charge >= 0.3 is 0 Å². The van der Waals surface area contributed by atoms with Crippen LogP contribution in [-0.4, -0.2) is 31.9 Å². The maximum Gasteiger partial charge on any atom is 0.0951 e. The zero-order chi connectivity index (χ0) is 11.8. The van der Waals surface area contributed by atoms with Gasteiger partial charge in [-0.1, -0.05) is 0 Å². The van der Waals surface area contributed by atoms with Crippen LogP contribution in [0, 0.1) is 0 Å². The van der Waals surface area contributed by atoms with Crippen LogP contribution < -0.4 is 5.73 Å². The molecule has 1 rings (SSSR count). The van der Waals surface area contributed by atoms with Crippen LogP contribution in [0.1, 0.15) is 30.1 Å². The van der Waals surface area contributed by atoms with Crippen molar-refractivity contribution in [3.8, 4) is 0 Å². The van der Waals surface area contributed by atoms with Gasteiger partial charge < -0.3 is 15.2 Å². The van der Waals surface area contributed by atoms with Crippen molar-refractivity contribution in [1.82, 2.24) is 4.98 Å². The van der Waals surface area contributed by atoms with Crippen molar-refractivity contribution in [1.29, 1.82) is 0 Å². The molecule has 0 spiro atoms. The maximum atomic E-state index is 5.98. The molecule has 1 atom stereocenters. The normalized spacial score (nSPS) is 12.9. The van der Waals surface area contributed by atoms with E-state index < -0.39 is 0 Å². The van der Waals surface area contributed by atoms with Crippen LogP contribution in [0.2, 0.25) is 0 Å². The lowest BCUT2D eigenvalue weighted by Crippen LogP contribution is -2.13. The molecule has 1 unspecified atom stereocenters. The van der Waals surface area contributed by atoms with Gasteiger partial charge in [0.25, 0.3) is 0 Å². The number of ether oxygens (including phenoxy) is 2. The second-order valence-corrected chi connectivity index (χ2v) is 4.44. The highest BCUT2D eigenvalue weighted by atomic mass is 32.1. The lowest BCUT2D eigenvalue weighted by Gasteiger charge is -2.07. The summed E-state index contributed by atoms with van der Waals surface area (Å²) in [6, 6.07) is -0.0166. The molecule has 0 aromatic carbocycles. The SMILES string of the molecule is CCOCCc1nc(C(N)CCOC)cs1. The largest absolute Gasteiger partial charge is 0.385 e. The van der Waals surface area contributed by atoms with Gasteiger partial charge in [-0.05, 0) is 13.3 Å². The summed E-state index contributed by atoms with van der Waals surface area (Å²) in [4.78, 5) is 4.49. The summed E-state index contributed by atoms with van der Waals surface area (Å²) in [5.74, 6) is 0. The molecule has 0 amide bonds. The number of hydrogen-bond donors (Lipinski definition) is 1. The minimum absolute atomic E-state index is 0.0166. The predicted molar refractivity (Wildman–Crippen MR) is 65.7 cm³/mol. The molecule has 0 aliphatic rings. The summed E-state index contributed by atoms with van der Waals surface area (Å²) in [5, 5.41) is 3.12. The van der Waals surface area contributed by atoms with Gasteiger partial charge in [-0.25, -0.2) is 4.98 Å². The summed E-state index contributed by atoms with van der Waals surface area (Å²) in [6.45, 7) is 4.16. The first-order valence-electron chi connectivity index (χ1n) is 5.54. The Bertz CT molecular complexity index is 291. The highest BCUT2D eigenvalue weighted by Crippen LogP contribution is 2.18. The van der Waals surface area contributed by atoms with Gasteiger partial charge in [-0.15, -0.1) is 11.3 Å². The molecule has 2 N–H and O–H groups in total. The Morgan fingerprint density at radius 2 is 2.31 bits per heavy atom. The summed E-state index contributed by atoms with van der Waals surface area (Å²) < 4.78 is 10.3. The van der Waals surface area contributed by atoms with Crippen molar-refractivity contribution in [2.45, 2.75) is 25.8 Å². The Balaban J connectivity index is 2.37. The predicted octanol–water partition coefficient (Wildman–Crippen LogP) is 1.76. The van der Waals surface area contributed by atoms with Crippen LogP contribution in [-0.2, 0) is 15.9 Å². The van der Waals surface area contributed by atoms with Gasteiger partial charge in [-0.3, -0.25) is 0 Å². The second-order valence-electron chi connectivity index (χ2n) is 3.50. The van der Waals surface area contributed by atoms with Gasteiger partial charge in [0.2, 0.25) is 0 Å². The number of rotatable bonds is 8. The van der Waals surface area contributed by atoms with E-state index in [0.29, 0.717) is 6.61 Å². The summed E-state index contributed by atoms with van der Waals surface area (Å²) >= 11 is 1.65. The van der Waals surface area contributed by atoms with Gasteiger partial charge in [0.05, 0.1) is 23.4 Å². The van der Waals surface area contributed by atoms with Gasteiger partial charge in [0.15, 0.2) is 0 Å². The highest BCUT2D eigenvalue weighted by molar-refractivity contribution is 7.09. The number of nitrogens with zero attached hydrogens (tertiary/aromatic N) is 1. The minimum atomic E-state index is -0.0166. The quantitative estimate of drug-likeness (QED) is 0.708. The van der Waals surface area contributed by atoms with E-state index in [1.807, 2.05) is 12.3 Å². The molecular weight excluding hydrogens is 224 g/mol. The third kappa shape index (κ3) is 4.57. The number of hydrogen-bond acceptors (Lipinski definition) is 5. The summed E-state index contributed by atoms with van der Waals surface area (Å²) in [7, 11) is 1.68. The average molecular weight is 244 g/mol. The van der Waals surface area contributed by atoms with Crippen LogP contribution in [0.15, 0.2) is 5.38 Å². The van der Waals surface area contributed by atoms with E-state index >= 15 is 0 Å². The third-order valence-electron chi connectivity index (χ3n) is 2.25. The van der Waals surface area contributed by atoms with Gasteiger partial charge in [0.1, 0.15) is 0 Å². The molecule has 92 valence electrons. The van der Waals surface area contributed by atoms with E-state index in [2.05, 4.69) is 4.98 Å². The highest BCUT2D eigenvalue weighted by Gasteiger charge is 2.10. The van der Waals surface area contributed by atoms with Crippen LogP contribution in [0.5, 0.6) is 0 Å². The van der Waals surface area contributed by atoms with E-state index in [1.54, 1.807) is 18.4 Å². The van der Waals surface area contributed by atoms with E-state index in [9.17, 15) is 0 Å². The molecule has 1 heterocycles. The molecule has 1 aromatic rings. The number of aromatic nitrogens is 1. The molecule has 5 heteroatoms. The van der Waals surface area contributed by atoms with E-state index in [0.717, 1.165) is 36.8 Å². The summed E-state index contributed by atoms with van der Waals surface area (Å²) in [5.41, 5.74) is 6.95. The zero-order valence-corrected chi connectivity index (χ0v) is 10.8. The molecule has 0 fully saturated rings. The van der Waals surface area contributed by atoms with Gasteiger partial charge in [-0.2, -0.15) is 0 Å². The third-order valence-corrected chi connectivity index (χ3v) is 3.17. The van der Waals surface area contributed by atoms with Crippen molar-refractivity contribution in [2.24, 2.45) is 5.73 Å². The first-order valence-corrected chi connectivity index (χ1v) is 6.42. The Morgan fingerprint density at radius 3 is 3.00 bits per heavy atom. The number of nitrogens with two attached hydrogens (primary N) is 1. The molecule has 0 aliphatic carbocycles. The first kappa shape index (κ1) is 13.6. The fourth-order valence-electron chi connectivity index (χ4n) is 1.31. The number of thiazole rings is 1. The van der Waals surface area contributed by atoms with Gasteiger partial charge in [0, 0.05) is 32.1 Å². The molecule has 0 saturated heterocycles. The Morgan fingerprint density at radius 1 is 1.50 bits per heavy atom. The van der Waals surface area contributed by atoms with E-state index in [1.165, 1.54) is 0 Å². The molecule has 0 radical (unpaired) electrons. The standard InChI is InChI=1S/C11H20N2O2S/c1-3-15-7-5-11-13-10(8-16-11)9(12)4-6-14-2/h8-9H,3-7,12H2,1-2H3. The molecular formula is C11H20N2O2S. The fraction of sp³-hybridized carbons (Fsp3) is 0.727. The lowest BCUT2D eigenvalue weighted by molar-refractivity contribution is 0.151. The van der Waals surface area contributed by atoms with Crippen molar-refractivity contribution >= 4 is 11.3 Å². The smallest absolute Gasteiger partial charge is 0.0951 e. The monoisotopic (exact) mass is 244 g/mol. The Kier molecular flexibility index (Phi) is 6.56. The van der Waals surface area contributed by atoms with Crippen LogP contribution in [0.25, 0.3) is 0 Å². The topological polar surface area (TPSA) is 57.4 Å². The molecule has 0 saturated carbocycles. The maximum absolute atomic E-state index is 5.98. The second kappa shape index (κ2) is 7.73. The van der Waals surface area contributed by atoms with Crippen molar-refractivity contribution in [3.63, 3.8) is 0 Å². The summed E-state index contributed by atoms with van der Waals surface area (Å²) in [6.07, 6.45) is 1.68. The molecule has 16 heavy (non-hydrogen) atoms.